The van der Waals surface area contributed by atoms with Crippen LogP contribution in [-0.2, 0) is 4.79 Å². The zero-order valence-electron chi connectivity index (χ0n) is 9.23. The molecule has 0 radical (unpaired) electrons. The third-order valence-electron chi connectivity index (χ3n) is 5.06. The zero-order chi connectivity index (χ0) is 11.6. The molecule has 3 heteroatoms. The molecule has 3 N–H and O–H groups in total. The van der Waals surface area contributed by atoms with Crippen molar-refractivity contribution in [3.63, 3.8) is 0 Å². The van der Waals surface area contributed by atoms with Crippen molar-refractivity contribution in [2.75, 3.05) is 0 Å². The number of carboxylic acid groups (broad SMARTS) is 1. The van der Waals surface area contributed by atoms with Crippen LogP contribution in [0.15, 0.2) is 24.8 Å². The van der Waals surface area contributed by atoms with E-state index in [2.05, 4.69) is 18.7 Å². The van der Waals surface area contributed by atoms with Crippen LogP contribution in [0.4, 0.5) is 0 Å². The number of nitrogens with two attached hydrogens (primary N) is 1. The molecule has 4 atom stereocenters. The van der Waals surface area contributed by atoms with Gasteiger partial charge in [0, 0.05) is 11.5 Å². The number of carboxylic acids is 1. The van der Waals surface area contributed by atoms with E-state index in [9.17, 15) is 9.90 Å². The molecule has 4 unspecified atom stereocenters. The van der Waals surface area contributed by atoms with E-state index >= 15 is 0 Å². The van der Waals surface area contributed by atoms with Crippen LogP contribution in [0.25, 0.3) is 0 Å². The van der Waals surface area contributed by atoms with E-state index < -0.39 is 11.9 Å². The summed E-state index contributed by atoms with van der Waals surface area (Å²) in [6, 6.07) is -0.218. The van der Waals surface area contributed by atoms with Gasteiger partial charge < -0.3 is 10.8 Å². The smallest absolute Gasteiger partial charge is 0.309 e. The van der Waals surface area contributed by atoms with Crippen LogP contribution in [0.2, 0.25) is 0 Å². The minimum absolute atomic E-state index is 0.156. The molecule has 2 bridgehead atoms. The van der Waals surface area contributed by atoms with Gasteiger partial charge in [0.2, 0.25) is 0 Å². The van der Waals surface area contributed by atoms with Crippen molar-refractivity contribution in [1.29, 1.82) is 0 Å². The molecule has 2 fully saturated rings. The van der Waals surface area contributed by atoms with Gasteiger partial charge >= 0.3 is 5.97 Å². The molecule has 2 saturated carbocycles. The van der Waals surface area contributed by atoms with Crippen LogP contribution in [0.1, 0.15) is 19.3 Å². The predicted molar refractivity (Wildman–Crippen MR) is 60.6 cm³/mol. The Bertz CT molecular complexity index is 397. The number of carbonyl (C=O) groups is 1. The quantitative estimate of drug-likeness (QED) is 0.708. The standard InChI is InChI=1S/C13H17NO2/c1-2-4-13-5-3-8(12(13)6-7-12)10(14)9(13)11(15)16/h2-3,5,8-10H,1,4,6-7,14H2,(H,15,16). The van der Waals surface area contributed by atoms with Crippen molar-refractivity contribution < 1.29 is 9.90 Å². The van der Waals surface area contributed by atoms with Crippen molar-refractivity contribution in [2.45, 2.75) is 25.3 Å². The molecule has 0 aromatic heterocycles. The average molecular weight is 219 g/mol. The second-order valence-electron chi connectivity index (χ2n) is 5.47. The van der Waals surface area contributed by atoms with Crippen molar-refractivity contribution in [3.05, 3.63) is 24.8 Å². The summed E-state index contributed by atoms with van der Waals surface area (Å²) >= 11 is 0. The van der Waals surface area contributed by atoms with Gasteiger partial charge in [0.25, 0.3) is 0 Å². The van der Waals surface area contributed by atoms with Gasteiger partial charge in [-0.25, -0.2) is 0 Å². The highest BCUT2D eigenvalue weighted by Crippen LogP contribution is 2.77. The van der Waals surface area contributed by atoms with Crippen LogP contribution in [0.5, 0.6) is 0 Å². The third kappa shape index (κ3) is 0.832. The van der Waals surface area contributed by atoms with E-state index in [1.165, 1.54) is 0 Å². The molecule has 1 spiro atoms. The van der Waals surface area contributed by atoms with E-state index in [0.717, 1.165) is 19.3 Å². The normalized spacial score (nSPS) is 46.2. The Morgan fingerprint density at radius 2 is 2.31 bits per heavy atom. The minimum Gasteiger partial charge on any atom is -0.481 e. The molecule has 3 aliphatic rings. The van der Waals surface area contributed by atoms with Crippen LogP contribution in [0.3, 0.4) is 0 Å². The SMILES string of the molecule is C=CCC12C=CC(C(N)C1C(=O)O)C21CC1. The van der Waals surface area contributed by atoms with Gasteiger partial charge in [-0.3, -0.25) is 4.79 Å². The summed E-state index contributed by atoms with van der Waals surface area (Å²) in [5.74, 6) is -0.899. The summed E-state index contributed by atoms with van der Waals surface area (Å²) in [6.45, 7) is 3.78. The van der Waals surface area contributed by atoms with Gasteiger partial charge in [-0.1, -0.05) is 18.2 Å². The largest absolute Gasteiger partial charge is 0.481 e. The maximum absolute atomic E-state index is 11.4. The Balaban J connectivity index is 2.11. The molecule has 0 heterocycles. The first-order valence-electron chi connectivity index (χ1n) is 5.88. The third-order valence-corrected chi connectivity index (χ3v) is 5.06. The fraction of sp³-hybridized carbons (Fsp3) is 0.615. The number of hydrogen-bond acceptors (Lipinski definition) is 2. The maximum Gasteiger partial charge on any atom is 0.309 e. The Kier molecular flexibility index (Phi) is 1.75. The summed E-state index contributed by atoms with van der Waals surface area (Å²) in [6.07, 6.45) is 9.10. The molecule has 0 aromatic carbocycles. The summed E-state index contributed by atoms with van der Waals surface area (Å²) in [5, 5.41) is 9.41. The van der Waals surface area contributed by atoms with Crippen LogP contribution >= 0.6 is 0 Å². The Labute approximate surface area is 95.0 Å². The molecular weight excluding hydrogens is 202 g/mol. The molecule has 0 amide bonds. The Morgan fingerprint density at radius 1 is 1.62 bits per heavy atom. The minimum atomic E-state index is -0.743. The lowest BCUT2D eigenvalue weighted by Crippen LogP contribution is -2.43. The van der Waals surface area contributed by atoms with Gasteiger partial charge in [-0.15, -0.1) is 6.58 Å². The van der Waals surface area contributed by atoms with Crippen LogP contribution < -0.4 is 5.73 Å². The fourth-order valence-electron chi connectivity index (χ4n) is 4.35. The van der Waals surface area contributed by atoms with Gasteiger partial charge in [-0.05, 0) is 30.6 Å². The molecule has 86 valence electrons. The van der Waals surface area contributed by atoms with Gasteiger partial charge in [-0.2, -0.15) is 0 Å². The molecule has 3 aliphatic carbocycles. The fourth-order valence-corrected chi connectivity index (χ4v) is 4.35. The zero-order valence-corrected chi connectivity index (χ0v) is 9.23. The first-order valence-corrected chi connectivity index (χ1v) is 5.88. The van der Waals surface area contributed by atoms with E-state index in [4.69, 9.17) is 5.73 Å². The highest BCUT2D eigenvalue weighted by Gasteiger charge is 2.75. The van der Waals surface area contributed by atoms with E-state index in [1.807, 2.05) is 6.08 Å². The van der Waals surface area contributed by atoms with Gasteiger partial charge in [0.1, 0.15) is 0 Å². The molecule has 0 saturated heterocycles. The first kappa shape index (κ1) is 10.1. The van der Waals surface area contributed by atoms with Crippen molar-refractivity contribution in [2.24, 2.45) is 28.4 Å². The second-order valence-corrected chi connectivity index (χ2v) is 5.47. The number of hydrogen-bond donors (Lipinski definition) is 2. The molecule has 0 aromatic rings. The highest BCUT2D eigenvalue weighted by atomic mass is 16.4. The molecule has 16 heavy (non-hydrogen) atoms. The summed E-state index contributed by atoms with van der Waals surface area (Å²) in [7, 11) is 0. The van der Waals surface area contributed by atoms with Gasteiger partial charge in [0.15, 0.2) is 0 Å². The lowest BCUT2D eigenvalue weighted by molar-refractivity contribution is -0.145. The Hall–Kier alpha value is -1.09. The molecule has 0 aliphatic heterocycles. The van der Waals surface area contributed by atoms with E-state index in [0.29, 0.717) is 0 Å². The number of allylic oxidation sites excluding steroid dienone is 2. The number of aliphatic carboxylic acids is 1. The monoisotopic (exact) mass is 219 g/mol. The van der Waals surface area contributed by atoms with Crippen molar-refractivity contribution in [3.8, 4) is 0 Å². The summed E-state index contributed by atoms with van der Waals surface area (Å²) in [5.41, 5.74) is 6.04. The second kappa shape index (κ2) is 2.77. The van der Waals surface area contributed by atoms with E-state index in [-0.39, 0.29) is 22.8 Å². The predicted octanol–water partition coefficient (Wildman–Crippen LogP) is 1.56. The molecule has 3 nitrogen and oxygen atoms in total. The highest BCUT2D eigenvalue weighted by molar-refractivity contribution is 5.75. The Morgan fingerprint density at radius 3 is 2.81 bits per heavy atom. The van der Waals surface area contributed by atoms with Crippen molar-refractivity contribution in [1.82, 2.24) is 0 Å². The van der Waals surface area contributed by atoms with Crippen LogP contribution in [0, 0.1) is 22.7 Å². The van der Waals surface area contributed by atoms with Gasteiger partial charge in [0.05, 0.1) is 5.92 Å². The van der Waals surface area contributed by atoms with Crippen molar-refractivity contribution >= 4 is 5.97 Å². The number of rotatable bonds is 3. The van der Waals surface area contributed by atoms with Crippen LogP contribution in [-0.4, -0.2) is 17.1 Å². The molecular formula is C13H17NO2. The molecule has 3 rings (SSSR count). The lowest BCUT2D eigenvalue weighted by atomic mass is 9.68. The summed E-state index contributed by atoms with van der Waals surface area (Å²) in [4.78, 5) is 11.4. The first-order chi connectivity index (χ1) is 7.59. The topological polar surface area (TPSA) is 63.3 Å². The van der Waals surface area contributed by atoms with E-state index in [1.54, 1.807) is 0 Å². The lowest BCUT2D eigenvalue weighted by Gasteiger charge is -2.34. The average Bonchev–Trinajstić information content (AvgIpc) is 2.89. The summed E-state index contributed by atoms with van der Waals surface area (Å²) < 4.78 is 0. The maximum atomic E-state index is 11.4.